The van der Waals surface area contributed by atoms with E-state index in [1.165, 1.54) is 0 Å². The van der Waals surface area contributed by atoms with Crippen LogP contribution >= 0.6 is 0 Å². The molecular weight excluding hydrogens is 502 g/mol. The predicted octanol–water partition coefficient (Wildman–Crippen LogP) is 4.88. The van der Waals surface area contributed by atoms with Crippen molar-refractivity contribution < 1.29 is 17.7 Å². The van der Waals surface area contributed by atoms with Crippen molar-refractivity contribution in [2.45, 2.75) is 58.4 Å². The standard InChI is InChI=1S/C28H33N5O4S/c1-6-10-25-30-23(7-2)26(27(34)29-5)33(25)17-20-13-15-21(16-14-20)22-11-8-9-12-24(22)38(35,36)32-28-18(3)19(4)31-37-28/h8-9,11-16,32H,6-7,10,17H2,1-5H3,(H,29,34). The molecule has 10 heteroatoms. The molecule has 0 spiro atoms. The monoisotopic (exact) mass is 535 g/mol. The van der Waals surface area contributed by atoms with Gasteiger partial charge < -0.3 is 14.4 Å². The summed E-state index contributed by atoms with van der Waals surface area (Å²) in [5.41, 5.74) is 4.92. The Labute approximate surface area is 223 Å². The van der Waals surface area contributed by atoms with Crippen LogP contribution in [-0.2, 0) is 29.4 Å². The van der Waals surface area contributed by atoms with Crippen molar-refractivity contribution in [2.75, 3.05) is 11.8 Å². The van der Waals surface area contributed by atoms with Crippen LogP contribution in [0.1, 0.15) is 59.1 Å². The zero-order valence-electron chi connectivity index (χ0n) is 22.3. The fraction of sp³-hybridized carbons (Fsp3) is 0.321. The van der Waals surface area contributed by atoms with Gasteiger partial charge in [0.05, 0.1) is 16.3 Å². The number of hydrogen-bond acceptors (Lipinski definition) is 6. The first-order valence-corrected chi connectivity index (χ1v) is 14.1. The lowest BCUT2D eigenvalue weighted by Crippen LogP contribution is -2.24. The molecule has 0 aliphatic rings. The van der Waals surface area contributed by atoms with Crippen molar-refractivity contribution in [2.24, 2.45) is 0 Å². The average Bonchev–Trinajstić information content (AvgIpc) is 3.42. The van der Waals surface area contributed by atoms with E-state index in [9.17, 15) is 13.2 Å². The first-order chi connectivity index (χ1) is 18.2. The van der Waals surface area contributed by atoms with E-state index in [0.29, 0.717) is 35.5 Å². The largest absolute Gasteiger partial charge is 0.354 e. The number of imidazole rings is 1. The van der Waals surface area contributed by atoms with Gasteiger partial charge in [0.25, 0.3) is 15.9 Å². The summed E-state index contributed by atoms with van der Waals surface area (Å²) in [6, 6.07) is 14.5. The third kappa shape index (κ3) is 5.35. The molecule has 0 atom stereocenters. The Morgan fingerprint density at radius 3 is 2.37 bits per heavy atom. The quantitative estimate of drug-likeness (QED) is 0.299. The molecule has 0 bridgehead atoms. The van der Waals surface area contributed by atoms with Crippen molar-refractivity contribution >= 4 is 21.8 Å². The molecule has 0 aliphatic carbocycles. The number of amides is 1. The summed E-state index contributed by atoms with van der Waals surface area (Å²) >= 11 is 0. The number of anilines is 1. The lowest BCUT2D eigenvalue weighted by atomic mass is 10.0. The van der Waals surface area contributed by atoms with Crippen molar-refractivity contribution in [3.63, 3.8) is 0 Å². The summed E-state index contributed by atoms with van der Waals surface area (Å²) < 4.78 is 36.2. The van der Waals surface area contributed by atoms with Gasteiger partial charge in [-0.1, -0.05) is 61.5 Å². The molecule has 0 saturated carbocycles. The van der Waals surface area contributed by atoms with Gasteiger partial charge in [-0.3, -0.25) is 4.79 Å². The maximum Gasteiger partial charge on any atom is 0.269 e. The number of nitrogens with zero attached hydrogens (tertiary/aromatic N) is 3. The fourth-order valence-corrected chi connectivity index (χ4v) is 5.63. The highest BCUT2D eigenvalue weighted by molar-refractivity contribution is 7.92. The minimum absolute atomic E-state index is 0.106. The van der Waals surface area contributed by atoms with Gasteiger partial charge in [-0.15, -0.1) is 0 Å². The minimum Gasteiger partial charge on any atom is -0.354 e. The van der Waals surface area contributed by atoms with Gasteiger partial charge in [-0.2, -0.15) is 0 Å². The second-order valence-corrected chi connectivity index (χ2v) is 10.8. The Kier molecular flexibility index (Phi) is 8.01. The summed E-state index contributed by atoms with van der Waals surface area (Å²) in [4.78, 5) is 17.6. The number of benzene rings is 2. The van der Waals surface area contributed by atoms with E-state index in [4.69, 9.17) is 9.51 Å². The normalized spacial score (nSPS) is 11.5. The first-order valence-electron chi connectivity index (χ1n) is 12.6. The van der Waals surface area contributed by atoms with E-state index in [1.807, 2.05) is 35.8 Å². The highest BCUT2D eigenvalue weighted by Gasteiger charge is 2.23. The maximum absolute atomic E-state index is 13.3. The zero-order chi connectivity index (χ0) is 27.4. The molecule has 2 N–H and O–H groups in total. The Hall–Kier alpha value is -3.92. The van der Waals surface area contributed by atoms with Gasteiger partial charge >= 0.3 is 0 Å². The molecule has 4 rings (SSSR count). The fourth-order valence-electron chi connectivity index (χ4n) is 4.36. The van der Waals surface area contributed by atoms with Crippen LogP contribution in [0.3, 0.4) is 0 Å². The third-order valence-electron chi connectivity index (χ3n) is 6.54. The number of carbonyl (C=O) groups excluding carboxylic acids is 1. The van der Waals surface area contributed by atoms with Crippen LogP contribution in [0.25, 0.3) is 11.1 Å². The number of hydrogen-bond donors (Lipinski definition) is 2. The molecule has 0 unspecified atom stereocenters. The number of aromatic nitrogens is 3. The van der Waals surface area contributed by atoms with Crippen LogP contribution in [0.4, 0.5) is 5.88 Å². The predicted molar refractivity (Wildman–Crippen MR) is 147 cm³/mol. The van der Waals surface area contributed by atoms with E-state index >= 15 is 0 Å². The van der Waals surface area contributed by atoms with Gasteiger partial charge in [-0.25, -0.2) is 18.1 Å². The van der Waals surface area contributed by atoms with Crippen LogP contribution < -0.4 is 10.0 Å². The molecular formula is C28H33N5O4S. The lowest BCUT2D eigenvalue weighted by molar-refractivity contribution is 0.0953. The molecule has 38 heavy (non-hydrogen) atoms. The summed E-state index contributed by atoms with van der Waals surface area (Å²) in [6.07, 6.45) is 2.35. The summed E-state index contributed by atoms with van der Waals surface area (Å²) in [5, 5.41) is 6.57. The molecule has 4 aromatic rings. The van der Waals surface area contributed by atoms with Crippen molar-refractivity contribution in [3.05, 3.63) is 82.6 Å². The van der Waals surface area contributed by atoms with Crippen LogP contribution in [0.2, 0.25) is 0 Å². The van der Waals surface area contributed by atoms with Gasteiger partial charge in [-0.05, 0) is 43.9 Å². The third-order valence-corrected chi connectivity index (χ3v) is 7.93. The molecule has 200 valence electrons. The Bertz CT molecular complexity index is 1550. The van der Waals surface area contributed by atoms with Gasteiger partial charge in [0, 0.05) is 31.1 Å². The van der Waals surface area contributed by atoms with Crippen molar-refractivity contribution in [3.8, 4) is 11.1 Å². The highest BCUT2D eigenvalue weighted by Crippen LogP contribution is 2.30. The number of sulfonamides is 1. The smallest absolute Gasteiger partial charge is 0.269 e. The van der Waals surface area contributed by atoms with Crippen molar-refractivity contribution in [1.29, 1.82) is 0 Å². The number of carbonyl (C=O) groups is 1. The number of aryl methyl sites for hydroxylation is 3. The second-order valence-electron chi connectivity index (χ2n) is 9.11. The summed E-state index contributed by atoms with van der Waals surface area (Å²) in [6.45, 7) is 8.07. The van der Waals surface area contributed by atoms with Crippen LogP contribution in [0, 0.1) is 13.8 Å². The molecule has 0 aliphatic heterocycles. The Balaban J connectivity index is 1.66. The summed E-state index contributed by atoms with van der Waals surface area (Å²) in [7, 11) is -2.31. The van der Waals surface area contributed by atoms with E-state index in [-0.39, 0.29) is 16.7 Å². The average molecular weight is 536 g/mol. The molecule has 2 aromatic carbocycles. The topological polar surface area (TPSA) is 119 Å². The molecule has 0 radical (unpaired) electrons. The van der Waals surface area contributed by atoms with Crippen LogP contribution in [0.5, 0.6) is 0 Å². The number of nitrogens with one attached hydrogen (secondary N) is 2. The zero-order valence-corrected chi connectivity index (χ0v) is 23.1. The van der Waals surface area contributed by atoms with Gasteiger partial charge in [0.2, 0.25) is 5.88 Å². The molecule has 1 amide bonds. The number of rotatable bonds is 10. The molecule has 2 heterocycles. The second kappa shape index (κ2) is 11.2. The SMILES string of the molecule is CCCc1nc(CC)c(C(=O)NC)n1Cc1ccc(-c2ccccc2S(=O)(=O)Nc2onc(C)c2C)cc1. The van der Waals surface area contributed by atoms with Gasteiger partial charge in [0.1, 0.15) is 11.5 Å². The summed E-state index contributed by atoms with van der Waals surface area (Å²) in [5.74, 6) is 0.832. The van der Waals surface area contributed by atoms with Crippen LogP contribution in [0.15, 0.2) is 57.9 Å². The molecule has 2 aromatic heterocycles. The maximum atomic E-state index is 13.3. The lowest BCUT2D eigenvalue weighted by Gasteiger charge is -2.14. The van der Waals surface area contributed by atoms with Gasteiger partial charge in [0.15, 0.2) is 0 Å². The van der Waals surface area contributed by atoms with E-state index in [0.717, 1.165) is 35.5 Å². The minimum atomic E-state index is -3.93. The van der Waals surface area contributed by atoms with E-state index in [2.05, 4.69) is 22.1 Å². The highest BCUT2D eigenvalue weighted by atomic mass is 32.2. The van der Waals surface area contributed by atoms with Crippen LogP contribution in [-0.4, -0.2) is 36.1 Å². The van der Waals surface area contributed by atoms with Crippen molar-refractivity contribution in [1.82, 2.24) is 20.0 Å². The molecule has 9 nitrogen and oxygen atoms in total. The Morgan fingerprint density at radius 1 is 1.05 bits per heavy atom. The van der Waals surface area contributed by atoms with E-state index < -0.39 is 10.0 Å². The first kappa shape index (κ1) is 27.1. The Morgan fingerprint density at radius 2 is 1.76 bits per heavy atom. The molecule has 0 fully saturated rings. The molecule has 0 saturated heterocycles. The van der Waals surface area contributed by atoms with E-state index in [1.54, 1.807) is 45.2 Å².